The van der Waals surface area contributed by atoms with Crippen LogP contribution < -0.4 is 0 Å². The van der Waals surface area contributed by atoms with Gasteiger partial charge in [0.25, 0.3) is 0 Å². The van der Waals surface area contributed by atoms with Gasteiger partial charge in [0.05, 0.1) is 13.0 Å². The number of amides is 1. The van der Waals surface area contributed by atoms with Crippen LogP contribution in [0.4, 0.5) is 0 Å². The van der Waals surface area contributed by atoms with Gasteiger partial charge in [-0.15, -0.1) is 0 Å². The first-order chi connectivity index (χ1) is 10.1. The Bertz CT molecular complexity index is 450. The van der Waals surface area contributed by atoms with Crippen LogP contribution in [0.2, 0.25) is 0 Å². The summed E-state index contributed by atoms with van der Waals surface area (Å²) in [6.45, 7) is 1.94. The standard InChI is InChI=1S/C16H24N2O3/c19-15(11-17-9-12(10-17)8-16(20)21)18(14-6-7-14)13-4-2-1-3-5-13/h4,12,14H,1-3,5-11H2,(H,20,21). The van der Waals surface area contributed by atoms with E-state index in [4.69, 9.17) is 5.11 Å². The van der Waals surface area contributed by atoms with Gasteiger partial charge in [0, 0.05) is 24.8 Å². The minimum atomic E-state index is -0.738. The number of carbonyl (C=O) groups is 2. The van der Waals surface area contributed by atoms with E-state index in [0.29, 0.717) is 12.6 Å². The first kappa shape index (κ1) is 14.6. The molecule has 0 aromatic rings. The van der Waals surface area contributed by atoms with Crippen molar-refractivity contribution < 1.29 is 14.7 Å². The topological polar surface area (TPSA) is 60.9 Å². The monoisotopic (exact) mass is 292 g/mol. The van der Waals surface area contributed by atoms with Gasteiger partial charge in [-0.3, -0.25) is 14.5 Å². The lowest BCUT2D eigenvalue weighted by atomic mass is 9.96. The van der Waals surface area contributed by atoms with Crippen molar-refractivity contribution in [2.75, 3.05) is 19.6 Å². The van der Waals surface area contributed by atoms with Gasteiger partial charge in [0.15, 0.2) is 0 Å². The molecule has 1 amide bonds. The van der Waals surface area contributed by atoms with Crippen LogP contribution in [0, 0.1) is 5.92 Å². The van der Waals surface area contributed by atoms with Crippen LogP contribution in [0.3, 0.4) is 0 Å². The van der Waals surface area contributed by atoms with Crippen molar-refractivity contribution >= 4 is 11.9 Å². The Labute approximate surface area is 125 Å². The van der Waals surface area contributed by atoms with Crippen molar-refractivity contribution in [1.82, 2.24) is 9.80 Å². The van der Waals surface area contributed by atoms with Crippen molar-refractivity contribution in [3.63, 3.8) is 0 Å². The number of aliphatic carboxylic acids is 1. The van der Waals surface area contributed by atoms with Crippen molar-refractivity contribution in [2.45, 2.75) is 51.0 Å². The molecule has 1 N–H and O–H groups in total. The highest BCUT2D eigenvalue weighted by Crippen LogP contribution is 2.34. The molecule has 0 bridgehead atoms. The van der Waals surface area contributed by atoms with E-state index in [0.717, 1.165) is 38.8 Å². The molecule has 1 aliphatic heterocycles. The number of carboxylic acids is 1. The lowest BCUT2D eigenvalue weighted by Crippen LogP contribution is -2.52. The molecule has 0 unspecified atom stereocenters. The van der Waals surface area contributed by atoms with Gasteiger partial charge in [0.1, 0.15) is 0 Å². The van der Waals surface area contributed by atoms with Crippen LogP contribution in [-0.4, -0.2) is 52.5 Å². The molecule has 0 radical (unpaired) electrons. The maximum atomic E-state index is 12.6. The second kappa shape index (κ2) is 6.18. The third-order valence-electron chi connectivity index (χ3n) is 4.61. The summed E-state index contributed by atoms with van der Waals surface area (Å²) in [4.78, 5) is 27.3. The van der Waals surface area contributed by atoms with E-state index in [9.17, 15) is 9.59 Å². The summed E-state index contributed by atoms with van der Waals surface area (Å²) >= 11 is 0. The molecular formula is C16H24N2O3. The Hall–Kier alpha value is -1.36. The van der Waals surface area contributed by atoms with Gasteiger partial charge < -0.3 is 10.0 Å². The Kier molecular flexibility index (Phi) is 4.29. The molecule has 2 aliphatic carbocycles. The minimum absolute atomic E-state index is 0.208. The molecule has 5 nitrogen and oxygen atoms in total. The maximum absolute atomic E-state index is 12.6. The van der Waals surface area contributed by atoms with Crippen LogP contribution in [0.15, 0.2) is 11.8 Å². The highest BCUT2D eigenvalue weighted by Gasteiger charge is 2.37. The SMILES string of the molecule is O=C(O)CC1CN(CC(=O)N(C2=CCCCC2)C2CC2)C1. The first-order valence-electron chi connectivity index (χ1n) is 8.08. The second-order valence-corrected chi connectivity index (χ2v) is 6.59. The quantitative estimate of drug-likeness (QED) is 0.811. The van der Waals surface area contributed by atoms with Crippen LogP contribution in [0.25, 0.3) is 0 Å². The van der Waals surface area contributed by atoms with Gasteiger partial charge in [-0.05, 0) is 44.4 Å². The van der Waals surface area contributed by atoms with E-state index in [2.05, 4.69) is 11.0 Å². The van der Waals surface area contributed by atoms with Gasteiger partial charge in [-0.2, -0.15) is 0 Å². The third-order valence-corrected chi connectivity index (χ3v) is 4.61. The van der Waals surface area contributed by atoms with E-state index >= 15 is 0 Å². The number of allylic oxidation sites excluding steroid dienone is 2. The number of hydrogen-bond donors (Lipinski definition) is 1. The Balaban J connectivity index is 1.51. The molecular weight excluding hydrogens is 268 g/mol. The van der Waals surface area contributed by atoms with Gasteiger partial charge in [-0.1, -0.05) is 6.08 Å². The number of nitrogens with zero attached hydrogens (tertiary/aromatic N) is 2. The smallest absolute Gasteiger partial charge is 0.303 e. The highest BCUT2D eigenvalue weighted by molar-refractivity contribution is 5.81. The molecule has 2 fully saturated rings. The van der Waals surface area contributed by atoms with Gasteiger partial charge in [-0.25, -0.2) is 0 Å². The summed E-state index contributed by atoms with van der Waals surface area (Å²) in [5, 5.41) is 8.76. The summed E-state index contributed by atoms with van der Waals surface area (Å²) in [7, 11) is 0. The van der Waals surface area contributed by atoms with Crippen molar-refractivity contribution in [3.05, 3.63) is 11.8 Å². The summed E-state index contributed by atoms with van der Waals surface area (Å²) in [5.74, 6) is -0.309. The summed E-state index contributed by atoms with van der Waals surface area (Å²) in [6, 6.07) is 0.429. The number of rotatable bonds is 6. The Morgan fingerprint density at radius 3 is 2.62 bits per heavy atom. The minimum Gasteiger partial charge on any atom is -0.481 e. The predicted molar refractivity (Wildman–Crippen MR) is 78.6 cm³/mol. The normalized spacial score (nSPS) is 23.3. The molecule has 3 rings (SSSR count). The van der Waals surface area contributed by atoms with Crippen molar-refractivity contribution in [2.24, 2.45) is 5.92 Å². The molecule has 0 aromatic heterocycles. The molecule has 1 saturated heterocycles. The maximum Gasteiger partial charge on any atom is 0.303 e. The molecule has 1 saturated carbocycles. The molecule has 116 valence electrons. The molecule has 0 spiro atoms. The van der Waals surface area contributed by atoms with E-state index in [1.165, 1.54) is 18.5 Å². The predicted octanol–water partition coefficient (Wildman–Crippen LogP) is 1.84. The van der Waals surface area contributed by atoms with E-state index in [-0.39, 0.29) is 18.2 Å². The zero-order valence-corrected chi connectivity index (χ0v) is 12.5. The molecule has 0 aromatic carbocycles. The first-order valence-corrected chi connectivity index (χ1v) is 8.08. The molecule has 5 heteroatoms. The highest BCUT2D eigenvalue weighted by atomic mass is 16.4. The van der Waals surface area contributed by atoms with Crippen molar-refractivity contribution in [1.29, 1.82) is 0 Å². The number of carbonyl (C=O) groups excluding carboxylic acids is 1. The summed E-state index contributed by atoms with van der Waals surface area (Å²) < 4.78 is 0. The number of carboxylic acid groups (broad SMARTS) is 1. The Morgan fingerprint density at radius 1 is 1.29 bits per heavy atom. The van der Waals surface area contributed by atoms with Crippen LogP contribution >= 0.6 is 0 Å². The average molecular weight is 292 g/mol. The van der Waals surface area contributed by atoms with Crippen LogP contribution in [0.5, 0.6) is 0 Å². The van der Waals surface area contributed by atoms with Crippen LogP contribution in [0.1, 0.15) is 44.9 Å². The number of hydrogen-bond acceptors (Lipinski definition) is 3. The molecule has 0 atom stereocenters. The fourth-order valence-corrected chi connectivity index (χ4v) is 3.42. The summed E-state index contributed by atoms with van der Waals surface area (Å²) in [5.41, 5.74) is 1.23. The molecule has 21 heavy (non-hydrogen) atoms. The number of likely N-dealkylation sites (tertiary alicyclic amines) is 1. The van der Waals surface area contributed by atoms with Gasteiger partial charge >= 0.3 is 5.97 Å². The van der Waals surface area contributed by atoms with Crippen LogP contribution in [-0.2, 0) is 9.59 Å². The zero-order chi connectivity index (χ0) is 14.8. The summed E-state index contributed by atoms with van der Waals surface area (Å²) in [6.07, 6.45) is 9.27. The molecule has 3 aliphatic rings. The second-order valence-electron chi connectivity index (χ2n) is 6.59. The Morgan fingerprint density at radius 2 is 2.05 bits per heavy atom. The average Bonchev–Trinajstić information content (AvgIpc) is 3.22. The zero-order valence-electron chi connectivity index (χ0n) is 12.5. The molecule has 1 heterocycles. The lowest BCUT2D eigenvalue weighted by Gasteiger charge is -2.39. The van der Waals surface area contributed by atoms with E-state index < -0.39 is 5.97 Å². The van der Waals surface area contributed by atoms with E-state index in [1.54, 1.807) is 0 Å². The fraction of sp³-hybridized carbons (Fsp3) is 0.750. The van der Waals surface area contributed by atoms with Crippen molar-refractivity contribution in [3.8, 4) is 0 Å². The third kappa shape index (κ3) is 3.64. The largest absolute Gasteiger partial charge is 0.481 e. The lowest BCUT2D eigenvalue weighted by molar-refractivity contribution is -0.140. The van der Waals surface area contributed by atoms with Gasteiger partial charge in [0.2, 0.25) is 5.91 Å². The fourth-order valence-electron chi connectivity index (χ4n) is 3.42. The van der Waals surface area contributed by atoms with E-state index in [1.807, 2.05) is 4.90 Å².